The Morgan fingerprint density at radius 1 is 1.33 bits per heavy atom. The summed E-state index contributed by atoms with van der Waals surface area (Å²) in [6.45, 7) is 0.716. The SMILES string of the molecule is CNCc1cn(-c2ccc(Cl)cc2)nn1. The Morgan fingerprint density at radius 2 is 2.07 bits per heavy atom. The predicted octanol–water partition coefficient (Wildman–Crippen LogP) is 1.64. The third kappa shape index (κ3) is 2.34. The van der Waals surface area contributed by atoms with Crippen molar-refractivity contribution in [1.82, 2.24) is 20.3 Å². The van der Waals surface area contributed by atoms with Gasteiger partial charge in [0.25, 0.3) is 0 Å². The molecule has 0 aliphatic heterocycles. The number of hydrogen-bond donors (Lipinski definition) is 1. The number of halogens is 1. The highest BCUT2D eigenvalue weighted by atomic mass is 35.5. The van der Waals surface area contributed by atoms with Gasteiger partial charge in [-0.2, -0.15) is 0 Å². The van der Waals surface area contributed by atoms with Gasteiger partial charge < -0.3 is 5.32 Å². The average molecular weight is 223 g/mol. The smallest absolute Gasteiger partial charge is 0.0969 e. The number of nitrogens with one attached hydrogen (secondary N) is 1. The first-order valence-corrected chi connectivity index (χ1v) is 4.99. The highest BCUT2D eigenvalue weighted by molar-refractivity contribution is 6.30. The first kappa shape index (κ1) is 10.1. The summed E-state index contributed by atoms with van der Waals surface area (Å²) >= 11 is 5.80. The number of nitrogens with zero attached hydrogens (tertiary/aromatic N) is 3. The van der Waals surface area contributed by atoms with Crippen LogP contribution in [0.15, 0.2) is 30.5 Å². The van der Waals surface area contributed by atoms with Gasteiger partial charge in [0.05, 0.1) is 17.6 Å². The molecule has 2 rings (SSSR count). The Labute approximate surface area is 92.9 Å². The van der Waals surface area contributed by atoms with Crippen molar-refractivity contribution < 1.29 is 0 Å². The van der Waals surface area contributed by atoms with Crippen LogP contribution in [0.1, 0.15) is 5.69 Å². The molecule has 1 aromatic carbocycles. The van der Waals surface area contributed by atoms with E-state index in [1.54, 1.807) is 4.68 Å². The number of rotatable bonds is 3. The fraction of sp³-hybridized carbons (Fsp3) is 0.200. The molecule has 0 saturated carbocycles. The standard InChI is InChI=1S/C10H11ClN4/c1-12-6-9-7-15(14-13-9)10-4-2-8(11)3-5-10/h2-5,7,12H,6H2,1H3. The molecule has 0 saturated heterocycles. The summed E-state index contributed by atoms with van der Waals surface area (Å²) in [4.78, 5) is 0. The minimum Gasteiger partial charge on any atom is -0.314 e. The van der Waals surface area contributed by atoms with Gasteiger partial charge in [0, 0.05) is 11.6 Å². The van der Waals surface area contributed by atoms with Crippen LogP contribution < -0.4 is 5.32 Å². The van der Waals surface area contributed by atoms with Crippen molar-refractivity contribution in [1.29, 1.82) is 0 Å². The van der Waals surface area contributed by atoms with Crippen molar-refractivity contribution in [3.05, 3.63) is 41.2 Å². The van der Waals surface area contributed by atoms with Gasteiger partial charge in [-0.05, 0) is 31.3 Å². The molecule has 78 valence electrons. The Kier molecular flexibility index (Phi) is 2.99. The molecule has 1 aromatic heterocycles. The molecule has 2 aromatic rings. The zero-order valence-corrected chi connectivity index (χ0v) is 9.07. The van der Waals surface area contributed by atoms with Gasteiger partial charge in [-0.15, -0.1) is 5.10 Å². The summed E-state index contributed by atoms with van der Waals surface area (Å²) in [5.41, 5.74) is 1.86. The van der Waals surface area contributed by atoms with Crippen molar-refractivity contribution in [2.24, 2.45) is 0 Å². The van der Waals surface area contributed by atoms with E-state index in [4.69, 9.17) is 11.6 Å². The van der Waals surface area contributed by atoms with Gasteiger partial charge in [0.1, 0.15) is 0 Å². The normalized spacial score (nSPS) is 10.5. The Morgan fingerprint density at radius 3 is 2.73 bits per heavy atom. The molecule has 0 spiro atoms. The maximum atomic E-state index is 5.80. The molecule has 0 aliphatic rings. The summed E-state index contributed by atoms with van der Waals surface area (Å²) in [7, 11) is 1.88. The summed E-state index contributed by atoms with van der Waals surface area (Å²) in [6, 6.07) is 7.47. The van der Waals surface area contributed by atoms with Crippen LogP contribution in [-0.4, -0.2) is 22.0 Å². The Bertz CT molecular complexity index is 435. The average Bonchev–Trinajstić information content (AvgIpc) is 2.68. The van der Waals surface area contributed by atoms with Crippen molar-refractivity contribution in [3.8, 4) is 5.69 Å². The van der Waals surface area contributed by atoms with Crippen molar-refractivity contribution in [2.45, 2.75) is 6.54 Å². The van der Waals surface area contributed by atoms with Crippen LogP contribution in [-0.2, 0) is 6.54 Å². The highest BCUT2D eigenvalue weighted by Crippen LogP contribution is 2.12. The van der Waals surface area contributed by atoms with Crippen molar-refractivity contribution >= 4 is 11.6 Å². The maximum absolute atomic E-state index is 5.80. The molecule has 1 heterocycles. The molecular weight excluding hydrogens is 212 g/mol. The lowest BCUT2D eigenvalue weighted by Crippen LogP contribution is -2.04. The van der Waals surface area contributed by atoms with E-state index in [9.17, 15) is 0 Å². The first-order valence-electron chi connectivity index (χ1n) is 4.61. The van der Waals surface area contributed by atoms with E-state index in [1.165, 1.54) is 0 Å². The van der Waals surface area contributed by atoms with E-state index in [-0.39, 0.29) is 0 Å². The Balaban J connectivity index is 2.25. The minimum absolute atomic E-state index is 0.716. The minimum atomic E-state index is 0.716. The van der Waals surface area contributed by atoms with Gasteiger partial charge in [-0.3, -0.25) is 0 Å². The molecule has 0 aliphatic carbocycles. The zero-order chi connectivity index (χ0) is 10.7. The van der Waals surface area contributed by atoms with E-state index in [2.05, 4.69) is 15.6 Å². The van der Waals surface area contributed by atoms with Crippen molar-refractivity contribution in [3.63, 3.8) is 0 Å². The predicted molar refractivity (Wildman–Crippen MR) is 59.1 cm³/mol. The molecule has 0 fully saturated rings. The van der Waals surface area contributed by atoms with E-state index >= 15 is 0 Å². The summed E-state index contributed by atoms with van der Waals surface area (Å²) in [5.74, 6) is 0. The first-order chi connectivity index (χ1) is 7.29. The second kappa shape index (κ2) is 4.42. The van der Waals surface area contributed by atoms with Crippen LogP contribution in [0.2, 0.25) is 5.02 Å². The van der Waals surface area contributed by atoms with E-state index in [0.29, 0.717) is 11.6 Å². The lowest BCUT2D eigenvalue weighted by molar-refractivity contribution is 0.767. The third-order valence-corrected chi connectivity index (χ3v) is 2.24. The molecule has 5 heteroatoms. The Hall–Kier alpha value is -1.39. The van der Waals surface area contributed by atoms with Gasteiger partial charge in [-0.25, -0.2) is 4.68 Å². The number of aromatic nitrogens is 3. The lowest BCUT2D eigenvalue weighted by atomic mass is 10.3. The lowest BCUT2D eigenvalue weighted by Gasteiger charge is -1.98. The van der Waals surface area contributed by atoms with Crippen molar-refractivity contribution in [2.75, 3.05) is 7.05 Å². The fourth-order valence-electron chi connectivity index (χ4n) is 1.28. The van der Waals surface area contributed by atoms with Crippen LogP contribution >= 0.6 is 11.6 Å². The van der Waals surface area contributed by atoms with Crippen LogP contribution in [0.5, 0.6) is 0 Å². The van der Waals surface area contributed by atoms with Crippen LogP contribution in [0.3, 0.4) is 0 Å². The summed E-state index contributed by atoms with van der Waals surface area (Å²) in [6.07, 6.45) is 1.89. The van der Waals surface area contributed by atoms with Gasteiger partial charge in [0.15, 0.2) is 0 Å². The summed E-state index contributed by atoms with van der Waals surface area (Å²) in [5, 5.41) is 11.8. The van der Waals surface area contributed by atoms with Crippen LogP contribution in [0.25, 0.3) is 5.69 Å². The largest absolute Gasteiger partial charge is 0.314 e. The second-order valence-electron chi connectivity index (χ2n) is 3.16. The molecular formula is C10H11ClN4. The quantitative estimate of drug-likeness (QED) is 0.859. The zero-order valence-electron chi connectivity index (χ0n) is 8.31. The molecule has 0 unspecified atom stereocenters. The second-order valence-corrected chi connectivity index (χ2v) is 3.60. The van der Waals surface area contributed by atoms with Crippen LogP contribution in [0, 0.1) is 0 Å². The number of benzene rings is 1. The van der Waals surface area contributed by atoms with E-state index in [0.717, 1.165) is 11.4 Å². The monoisotopic (exact) mass is 222 g/mol. The molecule has 0 atom stereocenters. The molecule has 15 heavy (non-hydrogen) atoms. The highest BCUT2D eigenvalue weighted by Gasteiger charge is 2.01. The van der Waals surface area contributed by atoms with Gasteiger partial charge >= 0.3 is 0 Å². The molecule has 0 radical (unpaired) electrons. The maximum Gasteiger partial charge on any atom is 0.0969 e. The molecule has 0 bridgehead atoms. The molecule has 1 N–H and O–H groups in total. The van der Waals surface area contributed by atoms with Gasteiger partial charge in [0.2, 0.25) is 0 Å². The topological polar surface area (TPSA) is 42.7 Å². The van der Waals surface area contributed by atoms with E-state index in [1.807, 2.05) is 37.5 Å². The third-order valence-electron chi connectivity index (χ3n) is 1.99. The molecule has 0 amide bonds. The van der Waals surface area contributed by atoms with Gasteiger partial charge in [-0.1, -0.05) is 16.8 Å². The fourth-order valence-corrected chi connectivity index (χ4v) is 1.41. The number of hydrogen-bond acceptors (Lipinski definition) is 3. The van der Waals surface area contributed by atoms with Crippen LogP contribution in [0.4, 0.5) is 0 Å². The molecule has 4 nitrogen and oxygen atoms in total. The summed E-state index contributed by atoms with van der Waals surface area (Å²) < 4.78 is 1.73. The van der Waals surface area contributed by atoms with E-state index < -0.39 is 0 Å².